The molecule has 1 aliphatic heterocycles. The van der Waals surface area contributed by atoms with Crippen molar-refractivity contribution < 1.29 is 8.42 Å². The number of fused-ring (bicyclic) bond motifs is 1. The molecule has 2 aliphatic rings. The van der Waals surface area contributed by atoms with Crippen molar-refractivity contribution in [3.05, 3.63) is 29.3 Å². The van der Waals surface area contributed by atoms with Gasteiger partial charge in [-0.1, -0.05) is 18.6 Å². The predicted molar refractivity (Wildman–Crippen MR) is 87.7 cm³/mol. The Kier molecular flexibility index (Phi) is 4.00. The van der Waals surface area contributed by atoms with Gasteiger partial charge >= 0.3 is 0 Å². The van der Waals surface area contributed by atoms with E-state index in [2.05, 4.69) is 30.4 Å². The molecule has 0 aromatic heterocycles. The van der Waals surface area contributed by atoms with E-state index in [4.69, 9.17) is 0 Å². The van der Waals surface area contributed by atoms with Crippen molar-refractivity contribution >= 4 is 15.5 Å². The third-order valence-corrected chi connectivity index (χ3v) is 6.72. The third kappa shape index (κ3) is 3.25. The Hall–Kier alpha value is -1.03. The standard InChI is InChI=1S/C17H25NO2S/c1-12-6-7-15-10-14(8-9-17(15)18-12)13-4-3-5-16(11-13)21(2,19)20/h8-10,12-13,16,18H,3-7,11H2,1-2H3. The Morgan fingerprint density at radius 2 is 2.00 bits per heavy atom. The molecular formula is C17H25NO2S. The van der Waals surface area contributed by atoms with E-state index in [-0.39, 0.29) is 5.25 Å². The minimum absolute atomic E-state index is 0.148. The van der Waals surface area contributed by atoms with Crippen LogP contribution in [0.1, 0.15) is 56.1 Å². The smallest absolute Gasteiger partial charge is 0.150 e. The first-order valence-electron chi connectivity index (χ1n) is 8.01. The third-order valence-electron chi connectivity index (χ3n) is 5.08. The number of hydrogen-bond donors (Lipinski definition) is 1. The summed E-state index contributed by atoms with van der Waals surface area (Å²) in [5.41, 5.74) is 3.98. The summed E-state index contributed by atoms with van der Waals surface area (Å²) in [7, 11) is -2.90. The molecule has 0 saturated heterocycles. The Bertz CT molecular complexity index is 624. The summed E-state index contributed by atoms with van der Waals surface area (Å²) in [5, 5.41) is 3.38. The second-order valence-electron chi connectivity index (χ2n) is 6.82. The number of anilines is 1. The lowest BCUT2D eigenvalue weighted by Gasteiger charge is -2.30. The summed E-state index contributed by atoms with van der Waals surface area (Å²) in [6.07, 6.45) is 7.45. The van der Waals surface area contributed by atoms with Gasteiger partial charge < -0.3 is 5.32 Å². The highest BCUT2D eigenvalue weighted by molar-refractivity contribution is 7.91. The number of sulfone groups is 1. The van der Waals surface area contributed by atoms with E-state index in [1.54, 1.807) is 0 Å². The van der Waals surface area contributed by atoms with E-state index >= 15 is 0 Å². The van der Waals surface area contributed by atoms with Crippen molar-refractivity contribution in [2.24, 2.45) is 0 Å². The van der Waals surface area contributed by atoms with Crippen LogP contribution >= 0.6 is 0 Å². The molecule has 1 aromatic carbocycles. The van der Waals surface area contributed by atoms with Gasteiger partial charge in [-0.05, 0) is 62.1 Å². The monoisotopic (exact) mass is 307 g/mol. The lowest BCUT2D eigenvalue weighted by atomic mass is 9.82. The second kappa shape index (κ2) is 5.64. The topological polar surface area (TPSA) is 46.2 Å². The molecule has 3 nitrogen and oxygen atoms in total. The van der Waals surface area contributed by atoms with Gasteiger partial charge in [-0.15, -0.1) is 0 Å². The van der Waals surface area contributed by atoms with E-state index in [9.17, 15) is 8.42 Å². The summed E-state index contributed by atoms with van der Waals surface area (Å²) < 4.78 is 23.6. The van der Waals surface area contributed by atoms with Crippen molar-refractivity contribution in [3.8, 4) is 0 Å². The fraction of sp³-hybridized carbons (Fsp3) is 0.647. The first kappa shape index (κ1) is 14.9. The van der Waals surface area contributed by atoms with E-state index in [0.29, 0.717) is 12.0 Å². The second-order valence-corrected chi connectivity index (χ2v) is 9.14. The molecule has 21 heavy (non-hydrogen) atoms. The predicted octanol–water partition coefficient (Wildman–Crippen LogP) is 3.50. The summed E-state index contributed by atoms with van der Waals surface area (Å²) in [5.74, 6) is 0.406. The Labute approximate surface area is 128 Å². The van der Waals surface area contributed by atoms with E-state index < -0.39 is 9.84 Å². The minimum atomic E-state index is -2.90. The van der Waals surface area contributed by atoms with Gasteiger partial charge in [0, 0.05) is 18.0 Å². The molecule has 3 unspecified atom stereocenters. The van der Waals surface area contributed by atoms with Crippen LogP contribution < -0.4 is 5.32 Å². The normalized spacial score (nSPS) is 29.5. The molecule has 1 saturated carbocycles. The van der Waals surface area contributed by atoms with Gasteiger partial charge in [0.1, 0.15) is 9.84 Å². The summed E-state index contributed by atoms with van der Waals surface area (Å²) in [4.78, 5) is 0. The highest BCUT2D eigenvalue weighted by atomic mass is 32.2. The van der Waals surface area contributed by atoms with Crippen LogP contribution in [0.5, 0.6) is 0 Å². The minimum Gasteiger partial charge on any atom is -0.382 e. The van der Waals surface area contributed by atoms with Gasteiger partial charge in [0.25, 0.3) is 0 Å². The number of nitrogens with one attached hydrogen (secondary N) is 1. The molecule has 0 bridgehead atoms. The van der Waals surface area contributed by atoms with Crippen LogP contribution in [0.2, 0.25) is 0 Å². The van der Waals surface area contributed by atoms with Crippen LogP contribution in [0.4, 0.5) is 5.69 Å². The molecule has 1 N–H and O–H groups in total. The zero-order valence-corrected chi connectivity index (χ0v) is 13.7. The molecule has 4 heteroatoms. The molecular weight excluding hydrogens is 282 g/mol. The molecule has 1 fully saturated rings. The Morgan fingerprint density at radius 3 is 2.76 bits per heavy atom. The highest BCUT2D eigenvalue weighted by Crippen LogP contribution is 2.37. The van der Waals surface area contributed by atoms with E-state index in [0.717, 1.165) is 32.1 Å². The van der Waals surface area contributed by atoms with Crippen LogP contribution in [-0.4, -0.2) is 26.0 Å². The molecule has 3 rings (SSSR count). The van der Waals surface area contributed by atoms with E-state index in [1.165, 1.54) is 29.5 Å². The molecule has 1 aromatic rings. The zero-order chi connectivity index (χ0) is 15.0. The zero-order valence-electron chi connectivity index (χ0n) is 12.9. The largest absolute Gasteiger partial charge is 0.382 e. The average Bonchev–Trinajstić information content (AvgIpc) is 2.46. The molecule has 116 valence electrons. The number of hydrogen-bond acceptors (Lipinski definition) is 3. The average molecular weight is 307 g/mol. The number of aryl methyl sites for hydroxylation is 1. The van der Waals surface area contributed by atoms with Crippen LogP contribution in [0.3, 0.4) is 0 Å². The molecule has 0 spiro atoms. The van der Waals surface area contributed by atoms with Crippen molar-refractivity contribution in [1.82, 2.24) is 0 Å². The summed E-state index contributed by atoms with van der Waals surface area (Å²) >= 11 is 0. The number of benzene rings is 1. The molecule has 1 heterocycles. The molecule has 0 radical (unpaired) electrons. The van der Waals surface area contributed by atoms with Gasteiger partial charge in [-0.3, -0.25) is 0 Å². The van der Waals surface area contributed by atoms with Crippen molar-refractivity contribution in [1.29, 1.82) is 0 Å². The molecule has 1 aliphatic carbocycles. The number of rotatable bonds is 2. The van der Waals surface area contributed by atoms with Gasteiger partial charge in [0.2, 0.25) is 0 Å². The molecule has 3 atom stereocenters. The first-order valence-corrected chi connectivity index (χ1v) is 9.97. The fourth-order valence-electron chi connectivity index (χ4n) is 3.76. The van der Waals surface area contributed by atoms with Crippen LogP contribution in [-0.2, 0) is 16.3 Å². The van der Waals surface area contributed by atoms with Gasteiger partial charge in [0.05, 0.1) is 5.25 Å². The maximum atomic E-state index is 11.8. The van der Waals surface area contributed by atoms with Gasteiger partial charge in [0.15, 0.2) is 0 Å². The van der Waals surface area contributed by atoms with Crippen molar-refractivity contribution in [3.63, 3.8) is 0 Å². The van der Waals surface area contributed by atoms with Crippen molar-refractivity contribution in [2.75, 3.05) is 11.6 Å². The van der Waals surface area contributed by atoms with Crippen LogP contribution in [0.15, 0.2) is 18.2 Å². The van der Waals surface area contributed by atoms with Crippen molar-refractivity contribution in [2.45, 2.75) is 62.7 Å². The highest BCUT2D eigenvalue weighted by Gasteiger charge is 2.30. The van der Waals surface area contributed by atoms with Gasteiger partial charge in [-0.2, -0.15) is 0 Å². The SMILES string of the molecule is CC1CCc2cc(C3CCCC(S(C)(=O)=O)C3)ccc2N1. The molecule has 0 amide bonds. The quantitative estimate of drug-likeness (QED) is 0.909. The lowest BCUT2D eigenvalue weighted by Crippen LogP contribution is -2.27. The first-order chi connectivity index (χ1) is 9.93. The Balaban J connectivity index is 1.81. The Morgan fingerprint density at radius 1 is 1.19 bits per heavy atom. The van der Waals surface area contributed by atoms with Gasteiger partial charge in [-0.25, -0.2) is 8.42 Å². The lowest BCUT2D eigenvalue weighted by molar-refractivity contribution is 0.436. The van der Waals surface area contributed by atoms with E-state index in [1.807, 2.05) is 0 Å². The van der Waals surface area contributed by atoms with Crippen LogP contribution in [0.25, 0.3) is 0 Å². The summed E-state index contributed by atoms with van der Waals surface area (Å²) in [6.45, 7) is 2.22. The maximum absolute atomic E-state index is 11.8. The van der Waals surface area contributed by atoms with Crippen LogP contribution in [0, 0.1) is 0 Å². The maximum Gasteiger partial charge on any atom is 0.150 e. The summed E-state index contributed by atoms with van der Waals surface area (Å²) in [6, 6.07) is 7.24. The fourth-order valence-corrected chi connectivity index (χ4v) is 4.94.